The lowest BCUT2D eigenvalue weighted by atomic mass is 10.1. The number of benzene rings is 1. The van der Waals surface area contributed by atoms with E-state index in [9.17, 15) is 18.0 Å². The second kappa shape index (κ2) is 5.42. The molecule has 18 heavy (non-hydrogen) atoms. The van der Waals surface area contributed by atoms with Crippen molar-refractivity contribution < 1.29 is 18.0 Å². The second-order valence-corrected chi connectivity index (χ2v) is 4.66. The molecule has 0 N–H and O–H groups in total. The number of hydrogen-bond acceptors (Lipinski definition) is 2. The molecule has 0 fully saturated rings. The summed E-state index contributed by atoms with van der Waals surface area (Å²) >= 11 is 0. The molecule has 2 nitrogen and oxygen atoms in total. The first kappa shape index (κ1) is 14.5. The van der Waals surface area contributed by atoms with E-state index in [1.54, 1.807) is 11.9 Å². The van der Waals surface area contributed by atoms with Crippen molar-refractivity contribution in [1.29, 1.82) is 0 Å². The van der Waals surface area contributed by atoms with Crippen LogP contribution in [0.15, 0.2) is 18.2 Å². The Morgan fingerprint density at radius 3 is 2.39 bits per heavy atom. The highest BCUT2D eigenvalue weighted by Gasteiger charge is 2.33. The van der Waals surface area contributed by atoms with Gasteiger partial charge in [0, 0.05) is 24.8 Å². The number of carbonyl (C=O) groups is 1. The molecule has 0 unspecified atom stereocenters. The molecule has 1 aromatic rings. The molecule has 0 atom stereocenters. The van der Waals surface area contributed by atoms with E-state index in [4.69, 9.17) is 0 Å². The minimum Gasteiger partial charge on any atom is -0.374 e. The van der Waals surface area contributed by atoms with Crippen LogP contribution < -0.4 is 4.90 Å². The number of aldehydes is 1. The Hall–Kier alpha value is -1.52. The fourth-order valence-electron chi connectivity index (χ4n) is 1.78. The monoisotopic (exact) mass is 259 g/mol. The smallest absolute Gasteiger partial charge is 0.374 e. The lowest BCUT2D eigenvalue weighted by Crippen LogP contribution is -2.23. The summed E-state index contributed by atoms with van der Waals surface area (Å²) in [7, 11) is 1.73. The van der Waals surface area contributed by atoms with Gasteiger partial charge in [-0.3, -0.25) is 4.79 Å². The SMILES string of the molecule is CC(C)CN(C)c1ccc(C=O)c(C(F)(F)F)c1. The van der Waals surface area contributed by atoms with Gasteiger partial charge < -0.3 is 4.90 Å². The van der Waals surface area contributed by atoms with Gasteiger partial charge in [0.25, 0.3) is 0 Å². The van der Waals surface area contributed by atoms with E-state index in [0.29, 0.717) is 18.2 Å². The first-order valence-electron chi connectivity index (χ1n) is 5.63. The lowest BCUT2D eigenvalue weighted by molar-refractivity contribution is -0.137. The minimum atomic E-state index is -4.51. The van der Waals surface area contributed by atoms with E-state index < -0.39 is 11.7 Å². The molecule has 0 aliphatic heterocycles. The van der Waals surface area contributed by atoms with Crippen LogP contribution in [-0.4, -0.2) is 19.9 Å². The number of anilines is 1. The molecule has 5 heteroatoms. The highest BCUT2D eigenvalue weighted by atomic mass is 19.4. The van der Waals surface area contributed by atoms with Crippen LogP contribution in [-0.2, 0) is 6.18 Å². The molecular weight excluding hydrogens is 243 g/mol. The van der Waals surface area contributed by atoms with E-state index in [1.807, 2.05) is 13.8 Å². The highest BCUT2D eigenvalue weighted by molar-refractivity contribution is 5.79. The van der Waals surface area contributed by atoms with Crippen molar-refractivity contribution in [3.8, 4) is 0 Å². The number of carbonyl (C=O) groups excluding carboxylic acids is 1. The van der Waals surface area contributed by atoms with Crippen LogP contribution >= 0.6 is 0 Å². The van der Waals surface area contributed by atoms with Crippen molar-refractivity contribution in [2.75, 3.05) is 18.5 Å². The second-order valence-electron chi connectivity index (χ2n) is 4.66. The molecular formula is C13H16F3NO. The van der Waals surface area contributed by atoms with Gasteiger partial charge in [0.15, 0.2) is 6.29 Å². The molecule has 0 bridgehead atoms. The van der Waals surface area contributed by atoms with Gasteiger partial charge in [0.05, 0.1) is 5.56 Å². The Morgan fingerprint density at radius 1 is 1.33 bits per heavy atom. The Balaban J connectivity index is 3.14. The van der Waals surface area contributed by atoms with E-state index in [2.05, 4.69) is 0 Å². The average Bonchev–Trinajstić information content (AvgIpc) is 2.26. The first-order valence-corrected chi connectivity index (χ1v) is 5.63. The number of hydrogen-bond donors (Lipinski definition) is 0. The van der Waals surface area contributed by atoms with Crippen LogP contribution in [0.5, 0.6) is 0 Å². The van der Waals surface area contributed by atoms with Crippen LogP contribution in [0.2, 0.25) is 0 Å². The molecule has 0 aliphatic carbocycles. The van der Waals surface area contributed by atoms with Gasteiger partial charge >= 0.3 is 6.18 Å². The van der Waals surface area contributed by atoms with Crippen LogP contribution in [0.1, 0.15) is 29.8 Å². The number of alkyl halides is 3. The Bertz CT molecular complexity index is 427. The Labute approximate surface area is 104 Å². The third-order valence-corrected chi connectivity index (χ3v) is 2.55. The van der Waals surface area contributed by atoms with E-state index in [1.165, 1.54) is 12.1 Å². The van der Waals surface area contributed by atoms with Gasteiger partial charge in [-0.25, -0.2) is 0 Å². The van der Waals surface area contributed by atoms with Crippen molar-refractivity contribution in [3.63, 3.8) is 0 Å². The normalized spacial score (nSPS) is 11.7. The molecule has 0 amide bonds. The van der Waals surface area contributed by atoms with Crippen molar-refractivity contribution in [2.24, 2.45) is 5.92 Å². The number of halogens is 3. The summed E-state index contributed by atoms with van der Waals surface area (Å²) in [5.41, 5.74) is -0.753. The third-order valence-electron chi connectivity index (χ3n) is 2.55. The zero-order chi connectivity index (χ0) is 13.9. The van der Waals surface area contributed by atoms with Gasteiger partial charge in [-0.05, 0) is 24.1 Å². The molecule has 1 rings (SSSR count). The summed E-state index contributed by atoms with van der Waals surface area (Å²) in [4.78, 5) is 12.4. The van der Waals surface area contributed by atoms with Crippen molar-refractivity contribution in [1.82, 2.24) is 0 Å². The molecule has 100 valence electrons. The maximum atomic E-state index is 12.8. The molecule has 0 heterocycles. The van der Waals surface area contributed by atoms with Crippen molar-refractivity contribution in [3.05, 3.63) is 29.3 Å². The molecule has 0 saturated heterocycles. The van der Waals surface area contributed by atoms with E-state index in [0.717, 1.165) is 6.07 Å². The predicted octanol–water partition coefficient (Wildman–Crippen LogP) is 3.61. The Morgan fingerprint density at radius 2 is 1.94 bits per heavy atom. The van der Waals surface area contributed by atoms with E-state index in [-0.39, 0.29) is 11.8 Å². The topological polar surface area (TPSA) is 20.3 Å². The molecule has 0 aliphatic rings. The Kier molecular flexibility index (Phi) is 4.38. The highest BCUT2D eigenvalue weighted by Crippen LogP contribution is 2.33. The number of rotatable bonds is 4. The summed E-state index contributed by atoms with van der Waals surface area (Å²) in [5, 5.41) is 0. The van der Waals surface area contributed by atoms with Crippen molar-refractivity contribution in [2.45, 2.75) is 20.0 Å². The average molecular weight is 259 g/mol. The quantitative estimate of drug-likeness (QED) is 0.770. The van der Waals surface area contributed by atoms with Crippen LogP contribution in [0.3, 0.4) is 0 Å². The first-order chi connectivity index (χ1) is 8.25. The summed E-state index contributed by atoms with van der Waals surface area (Å²) in [6, 6.07) is 3.76. The van der Waals surface area contributed by atoms with Gasteiger partial charge in [0.2, 0.25) is 0 Å². The maximum absolute atomic E-state index is 12.8. The van der Waals surface area contributed by atoms with Gasteiger partial charge in [0.1, 0.15) is 0 Å². The van der Waals surface area contributed by atoms with Crippen LogP contribution in [0, 0.1) is 5.92 Å². The van der Waals surface area contributed by atoms with Crippen LogP contribution in [0.4, 0.5) is 18.9 Å². The standard InChI is InChI=1S/C13H16F3NO/c1-9(2)7-17(3)11-5-4-10(8-18)12(6-11)13(14,15)16/h4-6,8-9H,7H2,1-3H3. The summed E-state index contributed by atoms with van der Waals surface area (Å²) in [5.74, 6) is 0.343. The summed E-state index contributed by atoms with van der Waals surface area (Å²) in [6.45, 7) is 4.62. The minimum absolute atomic E-state index is 0.231. The fraction of sp³-hybridized carbons (Fsp3) is 0.462. The number of nitrogens with zero attached hydrogens (tertiary/aromatic N) is 1. The molecule has 0 saturated carbocycles. The lowest BCUT2D eigenvalue weighted by Gasteiger charge is -2.23. The largest absolute Gasteiger partial charge is 0.417 e. The zero-order valence-electron chi connectivity index (χ0n) is 10.6. The molecule has 0 aromatic heterocycles. The molecule has 0 radical (unpaired) electrons. The summed E-state index contributed by atoms with van der Waals surface area (Å²) < 4.78 is 38.3. The van der Waals surface area contributed by atoms with Crippen molar-refractivity contribution >= 4 is 12.0 Å². The summed E-state index contributed by atoms with van der Waals surface area (Å²) in [6.07, 6.45) is -4.28. The maximum Gasteiger partial charge on any atom is 0.417 e. The fourth-order valence-corrected chi connectivity index (χ4v) is 1.78. The van der Waals surface area contributed by atoms with Gasteiger partial charge in [-0.1, -0.05) is 13.8 Å². The van der Waals surface area contributed by atoms with E-state index >= 15 is 0 Å². The predicted molar refractivity (Wildman–Crippen MR) is 64.9 cm³/mol. The van der Waals surface area contributed by atoms with Gasteiger partial charge in [-0.15, -0.1) is 0 Å². The zero-order valence-corrected chi connectivity index (χ0v) is 10.6. The molecule has 0 spiro atoms. The van der Waals surface area contributed by atoms with Gasteiger partial charge in [-0.2, -0.15) is 13.2 Å². The third kappa shape index (κ3) is 3.48. The van der Waals surface area contributed by atoms with Crippen LogP contribution in [0.25, 0.3) is 0 Å². The molecule has 1 aromatic carbocycles.